The zero-order valence-corrected chi connectivity index (χ0v) is 18.4. The predicted octanol–water partition coefficient (Wildman–Crippen LogP) is 7.47. The van der Waals surface area contributed by atoms with Crippen molar-refractivity contribution in [2.45, 2.75) is 59.3 Å². The highest BCUT2D eigenvalue weighted by molar-refractivity contribution is 5.92. The molecule has 3 aromatic rings. The summed E-state index contributed by atoms with van der Waals surface area (Å²) in [5, 5.41) is 1.32. The van der Waals surface area contributed by atoms with Crippen LogP contribution < -0.4 is 5.43 Å². The van der Waals surface area contributed by atoms with Gasteiger partial charge in [0.1, 0.15) is 11.2 Å². The largest absolute Gasteiger partial charge is 0.455 e. The summed E-state index contributed by atoms with van der Waals surface area (Å²) in [6.45, 7) is 6.40. The zero-order valence-electron chi connectivity index (χ0n) is 18.4. The molecular weight excluding hydrogens is 368 g/mol. The van der Waals surface area contributed by atoms with Crippen molar-refractivity contribution in [2.75, 3.05) is 0 Å². The fourth-order valence-electron chi connectivity index (χ4n) is 3.73. The summed E-state index contributed by atoms with van der Waals surface area (Å²) in [5.41, 5.74) is 4.96. The first-order valence-corrected chi connectivity index (χ1v) is 11.1. The maximum Gasteiger partial charge on any atom is 0.200 e. The quantitative estimate of drug-likeness (QED) is 0.275. The van der Waals surface area contributed by atoms with Crippen LogP contribution in [0.3, 0.4) is 0 Å². The summed E-state index contributed by atoms with van der Waals surface area (Å²) in [5.74, 6) is 0. The van der Waals surface area contributed by atoms with Crippen molar-refractivity contribution in [3.63, 3.8) is 0 Å². The molecule has 156 valence electrons. The maximum atomic E-state index is 13.2. The fraction of sp³-hybridized carbons (Fsp3) is 0.321. The molecule has 3 rings (SSSR count). The van der Waals surface area contributed by atoms with Gasteiger partial charge in [0, 0.05) is 5.56 Å². The van der Waals surface area contributed by atoms with Gasteiger partial charge in [-0.2, -0.15) is 0 Å². The highest BCUT2D eigenvalue weighted by atomic mass is 16.3. The van der Waals surface area contributed by atoms with Gasteiger partial charge in [-0.05, 0) is 67.9 Å². The number of hydrogen-bond acceptors (Lipinski definition) is 2. The Bertz CT molecular complexity index is 1140. The summed E-state index contributed by atoms with van der Waals surface area (Å²) in [4.78, 5) is 13.2. The topological polar surface area (TPSA) is 30.2 Å². The van der Waals surface area contributed by atoms with E-state index < -0.39 is 0 Å². The Kier molecular flexibility index (Phi) is 7.84. The monoisotopic (exact) mass is 400 g/mol. The summed E-state index contributed by atoms with van der Waals surface area (Å²) in [6.07, 6.45) is 18.6. The average molecular weight is 401 g/mol. The van der Waals surface area contributed by atoms with E-state index >= 15 is 0 Å². The lowest BCUT2D eigenvalue weighted by Crippen LogP contribution is -2.05. The standard InChI is InChI=1S/C28H32O2/c1-4-7-10-13-21-16-18-24-26(20-21)30-28-23(15-12-9-6-3)22(14-11-8-5-2)17-19-25(28)27(24)29/h7-12,16-20H,4-6,13-15H2,1-3H3. The molecule has 0 aliphatic carbocycles. The molecule has 0 aliphatic rings. The maximum absolute atomic E-state index is 13.2. The van der Waals surface area contributed by atoms with Crippen LogP contribution in [0.5, 0.6) is 0 Å². The first-order valence-electron chi connectivity index (χ1n) is 11.1. The van der Waals surface area contributed by atoms with E-state index in [0.717, 1.165) is 55.2 Å². The molecule has 0 fully saturated rings. The molecular formula is C28H32O2. The SMILES string of the molecule is CCC=CCc1ccc2c(=O)c3ccc(CC=CCC)c(CC=CCC)c3oc2c1. The van der Waals surface area contributed by atoms with Crippen LogP contribution in [-0.2, 0) is 19.3 Å². The zero-order chi connectivity index (χ0) is 21.3. The van der Waals surface area contributed by atoms with Crippen LogP contribution in [0, 0.1) is 0 Å². The van der Waals surface area contributed by atoms with Crippen LogP contribution in [0.2, 0.25) is 0 Å². The first-order chi connectivity index (χ1) is 14.7. The Balaban J connectivity index is 2.18. The van der Waals surface area contributed by atoms with Crippen LogP contribution >= 0.6 is 0 Å². The van der Waals surface area contributed by atoms with E-state index in [1.165, 1.54) is 5.56 Å². The Morgan fingerprint density at radius 2 is 1.37 bits per heavy atom. The number of allylic oxidation sites excluding steroid dienone is 6. The molecule has 0 spiro atoms. The van der Waals surface area contributed by atoms with Gasteiger partial charge in [-0.3, -0.25) is 4.79 Å². The lowest BCUT2D eigenvalue weighted by Gasteiger charge is -2.11. The van der Waals surface area contributed by atoms with Crippen molar-refractivity contribution in [3.05, 3.63) is 93.7 Å². The number of benzene rings is 2. The molecule has 0 radical (unpaired) electrons. The van der Waals surface area contributed by atoms with Crippen molar-refractivity contribution in [3.8, 4) is 0 Å². The minimum absolute atomic E-state index is 0.0540. The summed E-state index contributed by atoms with van der Waals surface area (Å²) < 4.78 is 6.40. The van der Waals surface area contributed by atoms with Crippen LogP contribution in [0.1, 0.15) is 56.7 Å². The Labute approximate surface area is 179 Å². The average Bonchev–Trinajstić information content (AvgIpc) is 2.75. The molecule has 1 heterocycles. The van der Waals surface area contributed by atoms with Crippen molar-refractivity contribution in [1.29, 1.82) is 0 Å². The Morgan fingerprint density at radius 1 is 0.733 bits per heavy atom. The van der Waals surface area contributed by atoms with Gasteiger partial charge in [-0.1, -0.05) is 69.4 Å². The predicted molar refractivity (Wildman–Crippen MR) is 129 cm³/mol. The van der Waals surface area contributed by atoms with E-state index in [2.05, 4.69) is 63.3 Å². The number of fused-ring (bicyclic) bond motifs is 2. The van der Waals surface area contributed by atoms with Gasteiger partial charge in [-0.15, -0.1) is 0 Å². The van der Waals surface area contributed by atoms with E-state index in [1.807, 2.05) is 24.3 Å². The molecule has 1 aromatic heterocycles. The van der Waals surface area contributed by atoms with E-state index in [4.69, 9.17) is 4.42 Å². The minimum Gasteiger partial charge on any atom is -0.455 e. The third kappa shape index (κ3) is 4.99. The van der Waals surface area contributed by atoms with Crippen molar-refractivity contribution in [1.82, 2.24) is 0 Å². The Morgan fingerprint density at radius 3 is 2.07 bits per heavy atom. The van der Waals surface area contributed by atoms with E-state index in [1.54, 1.807) is 0 Å². The summed E-state index contributed by atoms with van der Waals surface area (Å²) >= 11 is 0. The van der Waals surface area contributed by atoms with Crippen LogP contribution in [-0.4, -0.2) is 0 Å². The lowest BCUT2D eigenvalue weighted by atomic mass is 9.97. The van der Waals surface area contributed by atoms with Gasteiger partial charge < -0.3 is 4.42 Å². The van der Waals surface area contributed by atoms with Crippen LogP contribution in [0.15, 0.2) is 76.0 Å². The third-order valence-electron chi connectivity index (χ3n) is 5.33. The third-order valence-corrected chi connectivity index (χ3v) is 5.33. The molecule has 2 nitrogen and oxygen atoms in total. The molecule has 0 saturated heterocycles. The van der Waals surface area contributed by atoms with Gasteiger partial charge >= 0.3 is 0 Å². The molecule has 2 aromatic carbocycles. The summed E-state index contributed by atoms with van der Waals surface area (Å²) in [6, 6.07) is 9.97. The van der Waals surface area contributed by atoms with Crippen molar-refractivity contribution < 1.29 is 4.42 Å². The first kappa shape index (κ1) is 21.8. The van der Waals surface area contributed by atoms with Gasteiger partial charge in [0.15, 0.2) is 0 Å². The van der Waals surface area contributed by atoms with Gasteiger partial charge in [0.2, 0.25) is 5.43 Å². The molecule has 2 heteroatoms. The molecule has 0 aliphatic heterocycles. The summed E-state index contributed by atoms with van der Waals surface area (Å²) in [7, 11) is 0. The fourth-order valence-corrected chi connectivity index (χ4v) is 3.73. The van der Waals surface area contributed by atoms with Crippen molar-refractivity contribution >= 4 is 21.9 Å². The van der Waals surface area contributed by atoms with E-state index in [-0.39, 0.29) is 5.43 Å². The highest BCUT2D eigenvalue weighted by Gasteiger charge is 2.14. The second kappa shape index (κ2) is 10.8. The number of rotatable bonds is 9. The molecule has 0 amide bonds. The minimum atomic E-state index is 0.0540. The molecule has 0 atom stereocenters. The smallest absolute Gasteiger partial charge is 0.200 e. The van der Waals surface area contributed by atoms with Crippen LogP contribution in [0.25, 0.3) is 21.9 Å². The lowest BCUT2D eigenvalue weighted by molar-refractivity contribution is 0.654. The molecule has 0 unspecified atom stereocenters. The Hall–Kier alpha value is -2.87. The van der Waals surface area contributed by atoms with Crippen LogP contribution in [0.4, 0.5) is 0 Å². The number of hydrogen-bond donors (Lipinski definition) is 0. The molecule has 0 N–H and O–H groups in total. The van der Waals surface area contributed by atoms with E-state index in [0.29, 0.717) is 16.4 Å². The highest BCUT2D eigenvalue weighted by Crippen LogP contribution is 2.27. The second-order valence-corrected chi connectivity index (χ2v) is 7.59. The van der Waals surface area contributed by atoms with Gasteiger partial charge in [0.25, 0.3) is 0 Å². The normalized spacial score (nSPS) is 12.4. The second-order valence-electron chi connectivity index (χ2n) is 7.59. The van der Waals surface area contributed by atoms with E-state index in [9.17, 15) is 4.79 Å². The molecule has 30 heavy (non-hydrogen) atoms. The molecule has 0 saturated carbocycles. The van der Waals surface area contributed by atoms with Crippen molar-refractivity contribution in [2.24, 2.45) is 0 Å². The molecule has 0 bridgehead atoms. The van der Waals surface area contributed by atoms with Gasteiger partial charge in [-0.25, -0.2) is 0 Å². The van der Waals surface area contributed by atoms with Gasteiger partial charge in [0.05, 0.1) is 10.8 Å².